The number of nitrogens with zero attached hydrogens (tertiary/aromatic N) is 2. The van der Waals surface area contributed by atoms with Gasteiger partial charge in [0.15, 0.2) is 0 Å². The fourth-order valence-electron chi connectivity index (χ4n) is 2.14. The van der Waals surface area contributed by atoms with E-state index in [0.29, 0.717) is 6.54 Å². The van der Waals surface area contributed by atoms with Gasteiger partial charge in [0.25, 0.3) is 0 Å². The van der Waals surface area contributed by atoms with Gasteiger partial charge in [-0.3, -0.25) is 4.68 Å². The van der Waals surface area contributed by atoms with Crippen LogP contribution in [0.4, 0.5) is 5.69 Å². The normalized spacial score (nSPS) is 12.2. The van der Waals surface area contributed by atoms with Crippen LogP contribution in [0.2, 0.25) is 0 Å². The third-order valence-corrected chi connectivity index (χ3v) is 3.07. The molecular weight excluding hydrogens is 240 g/mol. The second-order valence-electron chi connectivity index (χ2n) is 4.51. The van der Waals surface area contributed by atoms with Crippen molar-refractivity contribution in [1.82, 2.24) is 9.78 Å². The van der Waals surface area contributed by atoms with E-state index in [1.54, 1.807) is 11.8 Å². The molecule has 0 bridgehead atoms. The van der Waals surface area contributed by atoms with E-state index in [2.05, 4.69) is 10.4 Å². The number of aromatic nitrogens is 2. The van der Waals surface area contributed by atoms with Crippen LogP contribution in [-0.4, -0.2) is 23.4 Å². The molecule has 0 amide bonds. The van der Waals surface area contributed by atoms with E-state index in [-0.39, 0.29) is 6.04 Å². The first-order valence-electron chi connectivity index (χ1n) is 6.25. The van der Waals surface area contributed by atoms with Crippen molar-refractivity contribution in [3.8, 4) is 5.75 Å². The highest BCUT2D eigenvalue weighted by atomic mass is 16.5. The van der Waals surface area contributed by atoms with Crippen LogP contribution in [0, 0.1) is 6.92 Å². The summed E-state index contributed by atoms with van der Waals surface area (Å²) in [5.41, 5.74) is 8.97. The lowest BCUT2D eigenvalue weighted by Crippen LogP contribution is -2.21. The standard InChI is InChI=1S/C14H20N4O/c1-10-13(9-18(2)17-10)14(8-15)16-11-5-4-6-12(7-11)19-3/h4-7,9,14,16H,8,15H2,1-3H3. The molecule has 0 aliphatic carbocycles. The smallest absolute Gasteiger partial charge is 0.120 e. The molecule has 1 unspecified atom stereocenters. The number of hydrogen-bond donors (Lipinski definition) is 2. The third-order valence-electron chi connectivity index (χ3n) is 3.07. The molecule has 5 heteroatoms. The van der Waals surface area contributed by atoms with Gasteiger partial charge < -0.3 is 15.8 Å². The van der Waals surface area contributed by atoms with Crippen molar-refractivity contribution < 1.29 is 4.74 Å². The molecule has 0 saturated heterocycles. The van der Waals surface area contributed by atoms with Crippen LogP contribution in [0.15, 0.2) is 30.5 Å². The molecule has 1 atom stereocenters. The molecule has 2 rings (SSSR count). The minimum absolute atomic E-state index is 0.0424. The van der Waals surface area contributed by atoms with Crippen molar-refractivity contribution in [3.63, 3.8) is 0 Å². The zero-order valence-corrected chi connectivity index (χ0v) is 11.6. The van der Waals surface area contributed by atoms with Gasteiger partial charge in [-0.25, -0.2) is 0 Å². The molecule has 2 aromatic rings. The molecule has 0 spiro atoms. The first kappa shape index (κ1) is 13.4. The van der Waals surface area contributed by atoms with Gasteiger partial charge in [-0.2, -0.15) is 5.10 Å². The monoisotopic (exact) mass is 260 g/mol. The molecule has 0 aliphatic rings. The predicted molar refractivity (Wildman–Crippen MR) is 76.4 cm³/mol. The Kier molecular flexibility index (Phi) is 4.06. The van der Waals surface area contributed by atoms with Gasteiger partial charge in [0, 0.05) is 37.1 Å². The fraction of sp³-hybridized carbons (Fsp3) is 0.357. The van der Waals surface area contributed by atoms with Crippen molar-refractivity contribution in [2.75, 3.05) is 19.0 Å². The highest BCUT2D eigenvalue weighted by Crippen LogP contribution is 2.23. The first-order chi connectivity index (χ1) is 9.13. The van der Waals surface area contributed by atoms with Crippen LogP contribution in [0.3, 0.4) is 0 Å². The summed E-state index contributed by atoms with van der Waals surface area (Å²) in [5.74, 6) is 0.823. The second-order valence-corrected chi connectivity index (χ2v) is 4.51. The van der Waals surface area contributed by atoms with E-state index >= 15 is 0 Å². The predicted octanol–water partition coefficient (Wildman–Crippen LogP) is 1.85. The molecule has 19 heavy (non-hydrogen) atoms. The zero-order valence-electron chi connectivity index (χ0n) is 11.6. The fourth-order valence-corrected chi connectivity index (χ4v) is 2.14. The van der Waals surface area contributed by atoms with E-state index in [9.17, 15) is 0 Å². The third kappa shape index (κ3) is 3.06. The molecule has 1 aromatic heterocycles. The Morgan fingerprint density at radius 3 is 2.84 bits per heavy atom. The number of aryl methyl sites for hydroxylation is 2. The molecular formula is C14H20N4O. The lowest BCUT2D eigenvalue weighted by atomic mass is 10.1. The molecule has 0 saturated carbocycles. The Labute approximate surface area is 113 Å². The quantitative estimate of drug-likeness (QED) is 0.861. The zero-order chi connectivity index (χ0) is 13.8. The van der Waals surface area contributed by atoms with Gasteiger partial charge in [0.2, 0.25) is 0 Å². The van der Waals surface area contributed by atoms with Crippen LogP contribution < -0.4 is 15.8 Å². The summed E-state index contributed by atoms with van der Waals surface area (Å²) in [7, 11) is 3.57. The van der Waals surface area contributed by atoms with Crippen molar-refractivity contribution in [2.24, 2.45) is 12.8 Å². The van der Waals surface area contributed by atoms with Gasteiger partial charge in [-0.1, -0.05) is 6.07 Å². The molecule has 102 valence electrons. The number of rotatable bonds is 5. The average Bonchev–Trinajstić information content (AvgIpc) is 2.75. The highest BCUT2D eigenvalue weighted by molar-refractivity contribution is 5.50. The lowest BCUT2D eigenvalue weighted by molar-refractivity contribution is 0.415. The van der Waals surface area contributed by atoms with E-state index in [1.807, 2.05) is 44.4 Å². The Balaban J connectivity index is 2.21. The number of ether oxygens (including phenoxy) is 1. The van der Waals surface area contributed by atoms with Crippen molar-refractivity contribution >= 4 is 5.69 Å². The minimum Gasteiger partial charge on any atom is -0.497 e. The van der Waals surface area contributed by atoms with Crippen LogP contribution in [0.5, 0.6) is 5.75 Å². The summed E-state index contributed by atoms with van der Waals surface area (Å²) in [6, 6.07) is 7.86. The number of nitrogens with two attached hydrogens (primary N) is 1. The second kappa shape index (κ2) is 5.75. The van der Waals surface area contributed by atoms with Crippen LogP contribution in [-0.2, 0) is 7.05 Å². The lowest BCUT2D eigenvalue weighted by Gasteiger charge is -2.18. The number of benzene rings is 1. The Morgan fingerprint density at radius 1 is 1.47 bits per heavy atom. The summed E-state index contributed by atoms with van der Waals surface area (Å²) in [6.07, 6.45) is 2.00. The van der Waals surface area contributed by atoms with E-state index in [4.69, 9.17) is 10.5 Å². The topological polar surface area (TPSA) is 65.1 Å². The largest absolute Gasteiger partial charge is 0.497 e. The summed E-state index contributed by atoms with van der Waals surface area (Å²) in [5, 5.41) is 7.77. The molecule has 1 heterocycles. The molecule has 5 nitrogen and oxygen atoms in total. The Bertz CT molecular complexity index is 550. The highest BCUT2D eigenvalue weighted by Gasteiger charge is 2.15. The summed E-state index contributed by atoms with van der Waals surface area (Å²) < 4.78 is 7.02. The maximum absolute atomic E-state index is 5.87. The maximum atomic E-state index is 5.87. The Morgan fingerprint density at radius 2 is 2.26 bits per heavy atom. The maximum Gasteiger partial charge on any atom is 0.120 e. The van der Waals surface area contributed by atoms with Crippen LogP contribution in [0.25, 0.3) is 0 Å². The van der Waals surface area contributed by atoms with Crippen molar-refractivity contribution in [1.29, 1.82) is 0 Å². The van der Waals surface area contributed by atoms with Gasteiger partial charge in [0.05, 0.1) is 18.8 Å². The molecule has 0 radical (unpaired) electrons. The molecule has 0 aliphatic heterocycles. The van der Waals surface area contributed by atoms with E-state index < -0.39 is 0 Å². The van der Waals surface area contributed by atoms with Gasteiger partial charge >= 0.3 is 0 Å². The van der Waals surface area contributed by atoms with Gasteiger partial charge in [-0.05, 0) is 19.1 Å². The van der Waals surface area contributed by atoms with Crippen molar-refractivity contribution in [3.05, 3.63) is 41.7 Å². The van der Waals surface area contributed by atoms with Crippen LogP contribution in [0.1, 0.15) is 17.3 Å². The van der Waals surface area contributed by atoms with Gasteiger partial charge in [0.1, 0.15) is 5.75 Å². The SMILES string of the molecule is COc1cccc(NC(CN)c2cn(C)nc2C)c1. The van der Waals surface area contributed by atoms with E-state index in [1.165, 1.54) is 0 Å². The summed E-state index contributed by atoms with van der Waals surface area (Å²) >= 11 is 0. The van der Waals surface area contributed by atoms with E-state index in [0.717, 1.165) is 22.7 Å². The number of hydrogen-bond acceptors (Lipinski definition) is 4. The summed E-state index contributed by atoms with van der Waals surface area (Å²) in [4.78, 5) is 0. The minimum atomic E-state index is 0.0424. The average molecular weight is 260 g/mol. The van der Waals surface area contributed by atoms with Gasteiger partial charge in [-0.15, -0.1) is 0 Å². The molecule has 1 aromatic carbocycles. The molecule has 3 N–H and O–H groups in total. The summed E-state index contributed by atoms with van der Waals surface area (Å²) in [6.45, 7) is 2.50. The van der Waals surface area contributed by atoms with Crippen LogP contribution >= 0.6 is 0 Å². The number of anilines is 1. The molecule has 0 fully saturated rings. The number of nitrogens with one attached hydrogen (secondary N) is 1. The Hall–Kier alpha value is -2.01. The first-order valence-corrected chi connectivity index (χ1v) is 6.25. The number of methoxy groups -OCH3 is 1. The van der Waals surface area contributed by atoms with Crippen molar-refractivity contribution in [2.45, 2.75) is 13.0 Å².